The highest BCUT2D eigenvalue weighted by molar-refractivity contribution is 14.0. The summed E-state index contributed by atoms with van der Waals surface area (Å²) in [6.07, 6.45) is 2.30. The Labute approximate surface area is 129 Å². The van der Waals surface area contributed by atoms with E-state index in [1.807, 2.05) is 31.2 Å². The van der Waals surface area contributed by atoms with Crippen LogP contribution in [0.2, 0.25) is 0 Å². The van der Waals surface area contributed by atoms with Gasteiger partial charge in [-0.25, -0.2) is 4.98 Å². The molecular formula is C13H17IN4O. The molecule has 0 aliphatic rings. The van der Waals surface area contributed by atoms with Crippen LogP contribution in [0, 0.1) is 6.92 Å². The van der Waals surface area contributed by atoms with Crippen LogP contribution in [0.25, 0.3) is 11.5 Å². The predicted octanol–water partition coefficient (Wildman–Crippen LogP) is 2.08. The van der Waals surface area contributed by atoms with Gasteiger partial charge in [-0.2, -0.15) is 0 Å². The van der Waals surface area contributed by atoms with Gasteiger partial charge in [-0.3, -0.25) is 4.99 Å². The summed E-state index contributed by atoms with van der Waals surface area (Å²) in [5.74, 6) is 0.715. The second-order valence-corrected chi connectivity index (χ2v) is 4.07. The van der Waals surface area contributed by atoms with E-state index in [0.29, 0.717) is 18.9 Å². The van der Waals surface area contributed by atoms with Crippen molar-refractivity contribution >= 4 is 29.9 Å². The fourth-order valence-corrected chi connectivity index (χ4v) is 1.55. The number of halogens is 1. The summed E-state index contributed by atoms with van der Waals surface area (Å²) in [5, 5.41) is 0. The van der Waals surface area contributed by atoms with Gasteiger partial charge in [-0.1, -0.05) is 17.7 Å². The molecule has 0 radical (unpaired) electrons. The largest absolute Gasteiger partial charge is 0.444 e. The molecule has 0 amide bonds. The smallest absolute Gasteiger partial charge is 0.226 e. The van der Waals surface area contributed by atoms with Gasteiger partial charge in [0.1, 0.15) is 6.26 Å². The maximum Gasteiger partial charge on any atom is 0.226 e. The van der Waals surface area contributed by atoms with Crippen LogP contribution in [0.1, 0.15) is 11.3 Å². The number of aliphatic imine (C=N–C) groups is 1. The molecule has 2 rings (SSSR count). The lowest BCUT2D eigenvalue weighted by Crippen LogP contribution is -2.23. The van der Waals surface area contributed by atoms with E-state index in [9.17, 15) is 0 Å². The first-order valence-electron chi connectivity index (χ1n) is 5.72. The van der Waals surface area contributed by atoms with Crippen molar-refractivity contribution in [2.24, 2.45) is 16.5 Å². The minimum Gasteiger partial charge on any atom is -0.444 e. The Kier molecular flexibility index (Phi) is 5.81. The molecule has 0 bridgehead atoms. The lowest BCUT2D eigenvalue weighted by Gasteiger charge is -1.95. The standard InChI is InChI=1S/C13H16N4O.HI/c1-9-2-4-10(5-3-9)12-17-11(8-18-12)6-7-16-13(14)15;/h2-5,8H,6-7H2,1H3,(H4,14,15,16);1H. The van der Waals surface area contributed by atoms with E-state index in [0.717, 1.165) is 11.3 Å². The molecule has 0 aliphatic heterocycles. The van der Waals surface area contributed by atoms with Crippen molar-refractivity contribution in [2.75, 3.05) is 6.54 Å². The molecule has 0 fully saturated rings. The highest BCUT2D eigenvalue weighted by Gasteiger charge is 2.05. The summed E-state index contributed by atoms with van der Waals surface area (Å²) < 4.78 is 5.43. The fourth-order valence-electron chi connectivity index (χ4n) is 1.55. The van der Waals surface area contributed by atoms with Crippen LogP contribution in [0.15, 0.2) is 39.9 Å². The van der Waals surface area contributed by atoms with Crippen molar-refractivity contribution in [3.63, 3.8) is 0 Å². The van der Waals surface area contributed by atoms with Crippen LogP contribution in [0.3, 0.4) is 0 Å². The molecule has 0 unspecified atom stereocenters. The lowest BCUT2D eigenvalue weighted by atomic mass is 10.1. The number of aryl methyl sites for hydroxylation is 1. The third-order valence-electron chi connectivity index (χ3n) is 2.51. The average Bonchev–Trinajstić information content (AvgIpc) is 2.78. The molecule has 19 heavy (non-hydrogen) atoms. The monoisotopic (exact) mass is 372 g/mol. The third-order valence-corrected chi connectivity index (χ3v) is 2.51. The highest BCUT2D eigenvalue weighted by atomic mass is 127. The Morgan fingerprint density at radius 2 is 1.95 bits per heavy atom. The summed E-state index contributed by atoms with van der Waals surface area (Å²) in [6, 6.07) is 8.03. The van der Waals surface area contributed by atoms with Gasteiger partial charge in [0.15, 0.2) is 5.96 Å². The minimum atomic E-state index is 0. The van der Waals surface area contributed by atoms with E-state index in [2.05, 4.69) is 9.98 Å². The van der Waals surface area contributed by atoms with E-state index < -0.39 is 0 Å². The van der Waals surface area contributed by atoms with Gasteiger partial charge in [0.2, 0.25) is 5.89 Å². The summed E-state index contributed by atoms with van der Waals surface area (Å²) in [5.41, 5.74) is 13.5. The zero-order valence-corrected chi connectivity index (χ0v) is 13.0. The van der Waals surface area contributed by atoms with Gasteiger partial charge in [0, 0.05) is 18.5 Å². The minimum absolute atomic E-state index is 0. The molecule has 1 aromatic heterocycles. The van der Waals surface area contributed by atoms with E-state index in [4.69, 9.17) is 15.9 Å². The van der Waals surface area contributed by atoms with Gasteiger partial charge >= 0.3 is 0 Å². The predicted molar refractivity (Wildman–Crippen MR) is 86.5 cm³/mol. The Hall–Kier alpha value is -1.57. The van der Waals surface area contributed by atoms with Crippen LogP contribution in [-0.2, 0) is 6.42 Å². The first kappa shape index (κ1) is 15.5. The Bertz CT molecular complexity index is 544. The zero-order chi connectivity index (χ0) is 13.0. The average molecular weight is 372 g/mol. The summed E-state index contributed by atoms with van der Waals surface area (Å²) in [4.78, 5) is 8.29. The second-order valence-electron chi connectivity index (χ2n) is 4.07. The summed E-state index contributed by atoms with van der Waals surface area (Å²) in [6.45, 7) is 2.56. The van der Waals surface area contributed by atoms with E-state index in [-0.39, 0.29) is 29.9 Å². The van der Waals surface area contributed by atoms with Crippen molar-refractivity contribution in [3.05, 3.63) is 41.8 Å². The molecule has 102 valence electrons. The van der Waals surface area contributed by atoms with Crippen molar-refractivity contribution < 1.29 is 4.42 Å². The van der Waals surface area contributed by atoms with Gasteiger partial charge in [-0.15, -0.1) is 24.0 Å². The normalized spacial score (nSPS) is 9.74. The van der Waals surface area contributed by atoms with E-state index in [1.54, 1.807) is 6.26 Å². The number of nitrogens with zero attached hydrogens (tertiary/aromatic N) is 2. The Morgan fingerprint density at radius 1 is 1.26 bits per heavy atom. The lowest BCUT2D eigenvalue weighted by molar-refractivity contribution is 0.572. The first-order chi connectivity index (χ1) is 8.65. The van der Waals surface area contributed by atoms with Crippen molar-refractivity contribution in [3.8, 4) is 11.5 Å². The van der Waals surface area contributed by atoms with Gasteiger partial charge in [0.05, 0.1) is 5.69 Å². The number of guanidine groups is 1. The number of rotatable bonds is 4. The number of oxazole rings is 1. The number of nitrogens with two attached hydrogens (primary N) is 2. The van der Waals surface area contributed by atoms with Crippen molar-refractivity contribution in [2.45, 2.75) is 13.3 Å². The van der Waals surface area contributed by atoms with Crippen LogP contribution in [0.5, 0.6) is 0 Å². The van der Waals surface area contributed by atoms with Gasteiger partial charge in [0.25, 0.3) is 0 Å². The van der Waals surface area contributed by atoms with E-state index in [1.165, 1.54) is 5.56 Å². The zero-order valence-electron chi connectivity index (χ0n) is 10.7. The topological polar surface area (TPSA) is 90.4 Å². The van der Waals surface area contributed by atoms with Crippen LogP contribution >= 0.6 is 24.0 Å². The molecule has 2 aromatic rings. The van der Waals surface area contributed by atoms with Crippen LogP contribution in [0.4, 0.5) is 0 Å². The van der Waals surface area contributed by atoms with E-state index >= 15 is 0 Å². The summed E-state index contributed by atoms with van der Waals surface area (Å²) >= 11 is 0. The molecule has 0 atom stereocenters. The number of hydrogen-bond acceptors (Lipinski definition) is 3. The molecule has 0 aliphatic carbocycles. The maximum atomic E-state index is 5.43. The van der Waals surface area contributed by atoms with Gasteiger partial charge in [-0.05, 0) is 19.1 Å². The maximum absolute atomic E-state index is 5.43. The summed E-state index contributed by atoms with van der Waals surface area (Å²) in [7, 11) is 0. The molecule has 1 aromatic carbocycles. The molecule has 4 N–H and O–H groups in total. The quantitative estimate of drug-likeness (QED) is 0.489. The van der Waals surface area contributed by atoms with Crippen LogP contribution in [-0.4, -0.2) is 17.5 Å². The number of aromatic nitrogens is 1. The molecule has 0 spiro atoms. The molecule has 6 heteroatoms. The third kappa shape index (κ3) is 4.55. The van der Waals surface area contributed by atoms with Gasteiger partial charge < -0.3 is 15.9 Å². The van der Waals surface area contributed by atoms with Crippen molar-refractivity contribution in [1.29, 1.82) is 0 Å². The molecule has 5 nitrogen and oxygen atoms in total. The first-order valence-corrected chi connectivity index (χ1v) is 5.72. The van der Waals surface area contributed by atoms with Crippen molar-refractivity contribution in [1.82, 2.24) is 4.98 Å². The van der Waals surface area contributed by atoms with Crippen LogP contribution < -0.4 is 11.5 Å². The fraction of sp³-hybridized carbons (Fsp3) is 0.231. The second kappa shape index (κ2) is 7.13. The number of hydrogen-bond donors (Lipinski definition) is 2. The SMILES string of the molecule is Cc1ccc(-c2nc(CCN=C(N)N)co2)cc1.I. The Balaban J connectivity index is 0.00000180. The molecule has 0 saturated carbocycles. The molecular weight excluding hydrogens is 355 g/mol. The highest BCUT2D eigenvalue weighted by Crippen LogP contribution is 2.19. The number of benzene rings is 1. The molecule has 0 saturated heterocycles. The molecule has 1 heterocycles. The Morgan fingerprint density at radius 3 is 2.58 bits per heavy atom.